The molecule has 1 aliphatic carbocycles. The van der Waals surface area contributed by atoms with E-state index in [1.807, 2.05) is 24.3 Å². The number of benzene rings is 1. The molecular weight excluding hydrogens is 450 g/mol. The number of fused-ring (bicyclic) bond motifs is 3. The number of halogens is 1. The van der Waals surface area contributed by atoms with Crippen LogP contribution in [0.1, 0.15) is 60.5 Å². The highest BCUT2D eigenvalue weighted by atomic mass is 79.9. The van der Waals surface area contributed by atoms with Crippen LogP contribution in [0, 0.1) is 0 Å². The maximum absolute atomic E-state index is 12.6. The number of thiophene rings is 1. The van der Waals surface area contributed by atoms with Crippen LogP contribution in [0.15, 0.2) is 33.5 Å². The van der Waals surface area contributed by atoms with E-state index in [0.717, 1.165) is 45.9 Å². The molecule has 3 aromatic rings. The number of carbonyl (C=O) groups is 1. The van der Waals surface area contributed by atoms with Gasteiger partial charge in [-0.25, -0.2) is 4.98 Å². The van der Waals surface area contributed by atoms with Crippen LogP contribution in [0.5, 0.6) is 0 Å². The average molecular weight is 474 g/mol. The van der Waals surface area contributed by atoms with Crippen LogP contribution in [0.2, 0.25) is 0 Å². The molecule has 0 aliphatic heterocycles. The molecule has 4 rings (SSSR count). The first-order chi connectivity index (χ1) is 14.0. The van der Waals surface area contributed by atoms with Gasteiger partial charge in [0.2, 0.25) is 5.91 Å². The van der Waals surface area contributed by atoms with Gasteiger partial charge in [-0.1, -0.05) is 35.0 Å². The highest BCUT2D eigenvalue weighted by molar-refractivity contribution is 9.10. The van der Waals surface area contributed by atoms with Gasteiger partial charge in [-0.2, -0.15) is 0 Å². The summed E-state index contributed by atoms with van der Waals surface area (Å²) in [6, 6.07) is 7.98. The van der Waals surface area contributed by atoms with E-state index in [2.05, 4.69) is 38.1 Å². The largest absolute Gasteiger partial charge is 0.349 e. The molecule has 1 atom stereocenters. The van der Waals surface area contributed by atoms with E-state index in [0.29, 0.717) is 18.7 Å². The molecule has 2 aromatic heterocycles. The number of aromatic amines is 1. The molecule has 1 aromatic carbocycles. The van der Waals surface area contributed by atoms with Gasteiger partial charge in [0.25, 0.3) is 5.56 Å². The van der Waals surface area contributed by atoms with Crippen LogP contribution in [0.3, 0.4) is 0 Å². The minimum Gasteiger partial charge on any atom is -0.349 e. The van der Waals surface area contributed by atoms with Crippen molar-refractivity contribution in [3.63, 3.8) is 0 Å². The second-order valence-electron chi connectivity index (χ2n) is 7.48. The Morgan fingerprint density at radius 2 is 2.03 bits per heavy atom. The molecule has 152 valence electrons. The Hall–Kier alpha value is -1.99. The minimum absolute atomic E-state index is 0.0193. The van der Waals surface area contributed by atoms with Crippen LogP contribution in [-0.4, -0.2) is 15.9 Å². The Bertz CT molecular complexity index is 1090. The molecule has 0 bridgehead atoms. The van der Waals surface area contributed by atoms with Crippen molar-refractivity contribution in [1.29, 1.82) is 0 Å². The molecule has 1 amide bonds. The summed E-state index contributed by atoms with van der Waals surface area (Å²) in [7, 11) is 0. The summed E-state index contributed by atoms with van der Waals surface area (Å²) in [5.41, 5.74) is 2.21. The van der Waals surface area contributed by atoms with Crippen molar-refractivity contribution in [1.82, 2.24) is 15.3 Å². The maximum atomic E-state index is 12.6. The molecule has 5 nitrogen and oxygen atoms in total. The number of amides is 1. The third kappa shape index (κ3) is 4.46. The van der Waals surface area contributed by atoms with Crippen molar-refractivity contribution >= 4 is 43.4 Å². The predicted octanol–water partition coefficient (Wildman–Crippen LogP) is 4.83. The molecule has 2 N–H and O–H groups in total. The molecular formula is C22H24BrN3O2S. The monoisotopic (exact) mass is 473 g/mol. The molecule has 29 heavy (non-hydrogen) atoms. The normalized spacial score (nSPS) is 14.6. The van der Waals surface area contributed by atoms with E-state index in [4.69, 9.17) is 0 Å². The van der Waals surface area contributed by atoms with Gasteiger partial charge in [-0.15, -0.1) is 11.3 Å². The summed E-state index contributed by atoms with van der Waals surface area (Å²) in [6.07, 6.45) is 5.87. The topological polar surface area (TPSA) is 74.8 Å². The molecule has 0 radical (unpaired) electrons. The summed E-state index contributed by atoms with van der Waals surface area (Å²) in [5, 5.41) is 3.86. The fourth-order valence-electron chi connectivity index (χ4n) is 3.94. The molecule has 0 saturated heterocycles. The molecule has 0 saturated carbocycles. The van der Waals surface area contributed by atoms with E-state index in [-0.39, 0.29) is 17.5 Å². The lowest BCUT2D eigenvalue weighted by molar-refractivity contribution is -0.121. The van der Waals surface area contributed by atoms with Crippen LogP contribution in [-0.2, 0) is 24.1 Å². The standard InChI is InChI=1S/C22H24BrN3O2S/c1-2-16(13-7-9-14(23)10-8-13)24-19(27)12-11-18-25-21(28)20-15-5-3-4-6-17(15)29-22(20)26-18/h7-10,16H,2-6,11-12H2,1H3,(H,24,27)(H,25,26,28)/t16-/m0/s1. The third-order valence-corrected chi connectivity index (χ3v) is 7.19. The summed E-state index contributed by atoms with van der Waals surface area (Å²) >= 11 is 5.08. The van der Waals surface area contributed by atoms with Gasteiger partial charge in [0, 0.05) is 22.2 Å². The van der Waals surface area contributed by atoms with Gasteiger partial charge >= 0.3 is 0 Å². The zero-order valence-corrected chi connectivity index (χ0v) is 18.8. The van der Waals surface area contributed by atoms with Crippen molar-refractivity contribution in [2.24, 2.45) is 0 Å². The maximum Gasteiger partial charge on any atom is 0.259 e. The average Bonchev–Trinajstić information content (AvgIpc) is 3.10. The SMILES string of the molecule is CC[C@H](NC(=O)CCc1nc2sc3c(c2c(=O)[nH]1)CCCC3)c1ccc(Br)cc1. The number of rotatable bonds is 6. The van der Waals surface area contributed by atoms with Gasteiger partial charge in [0.05, 0.1) is 11.4 Å². The lowest BCUT2D eigenvalue weighted by Gasteiger charge is -2.17. The Morgan fingerprint density at radius 3 is 2.79 bits per heavy atom. The number of H-pyrrole nitrogens is 1. The zero-order valence-electron chi connectivity index (χ0n) is 16.4. The van der Waals surface area contributed by atoms with E-state index in [9.17, 15) is 9.59 Å². The van der Waals surface area contributed by atoms with Crippen LogP contribution >= 0.6 is 27.3 Å². The number of nitrogens with zero attached hydrogens (tertiary/aromatic N) is 1. The second-order valence-corrected chi connectivity index (χ2v) is 9.48. The number of hydrogen-bond acceptors (Lipinski definition) is 4. The Kier molecular flexibility index (Phi) is 6.15. The van der Waals surface area contributed by atoms with Crippen molar-refractivity contribution in [2.75, 3.05) is 0 Å². The lowest BCUT2D eigenvalue weighted by Crippen LogP contribution is -2.28. The van der Waals surface area contributed by atoms with Crippen LogP contribution < -0.4 is 10.9 Å². The fourth-order valence-corrected chi connectivity index (χ4v) is 5.49. The number of nitrogens with one attached hydrogen (secondary N) is 2. The van der Waals surface area contributed by atoms with Gasteiger partial charge < -0.3 is 10.3 Å². The number of carbonyl (C=O) groups excluding carboxylic acids is 1. The van der Waals surface area contributed by atoms with E-state index in [1.165, 1.54) is 16.9 Å². The Morgan fingerprint density at radius 1 is 1.28 bits per heavy atom. The van der Waals surface area contributed by atoms with Crippen molar-refractivity contribution < 1.29 is 4.79 Å². The quantitative estimate of drug-likeness (QED) is 0.538. The predicted molar refractivity (Wildman–Crippen MR) is 121 cm³/mol. The van der Waals surface area contributed by atoms with Crippen molar-refractivity contribution in [2.45, 2.75) is 57.9 Å². The highest BCUT2D eigenvalue weighted by Gasteiger charge is 2.20. The molecule has 0 fully saturated rings. The van der Waals surface area contributed by atoms with E-state index in [1.54, 1.807) is 11.3 Å². The number of hydrogen-bond donors (Lipinski definition) is 2. The zero-order chi connectivity index (χ0) is 20.4. The number of aromatic nitrogens is 2. The Balaban J connectivity index is 1.44. The second kappa shape index (κ2) is 8.79. The Labute approximate surface area is 182 Å². The van der Waals surface area contributed by atoms with Crippen molar-refractivity contribution in [3.8, 4) is 0 Å². The fraction of sp³-hybridized carbons (Fsp3) is 0.409. The van der Waals surface area contributed by atoms with Crippen molar-refractivity contribution in [3.05, 3.63) is 60.9 Å². The first kappa shape index (κ1) is 20.3. The van der Waals surface area contributed by atoms with Gasteiger partial charge in [0.15, 0.2) is 0 Å². The molecule has 7 heteroatoms. The molecule has 0 spiro atoms. The van der Waals surface area contributed by atoms with Gasteiger partial charge in [-0.05, 0) is 55.4 Å². The third-order valence-electron chi connectivity index (χ3n) is 5.48. The first-order valence-corrected chi connectivity index (χ1v) is 11.7. The van der Waals surface area contributed by atoms with Gasteiger partial charge in [-0.3, -0.25) is 9.59 Å². The van der Waals surface area contributed by atoms with E-state index < -0.39 is 0 Å². The van der Waals surface area contributed by atoms with Crippen LogP contribution in [0.4, 0.5) is 0 Å². The van der Waals surface area contributed by atoms with E-state index >= 15 is 0 Å². The smallest absolute Gasteiger partial charge is 0.259 e. The van der Waals surface area contributed by atoms with Gasteiger partial charge in [0.1, 0.15) is 10.7 Å². The summed E-state index contributed by atoms with van der Waals surface area (Å²) in [5.74, 6) is 0.556. The lowest BCUT2D eigenvalue weighted by atomic mass is 9.97. The molecule has 1 aliphatic rings. The summed E-state index contributed by atoms with van der Waals surface area (Å²) in [4.78, 5) is 34.8. The number of aryl methyl sites for hydroxylation is 3. The highest BCUT2D eigenvalue weighted by Crippen LogP contribution is 2.33. The summed E-state index contributed by atoms with van der Waals surface area (Å²) < 4.78 is 1.02. The molecule has 2 heterocycles. The minimum atomic E-state index is -0.0638. The summed E-state index contributed by atoms with van der Waals surface area (Å²) in [6.45, 7) is 2.05. The van der Waals surface area contributed by atoms with Crippen LogP contribution in [0.25, 0.3) is 10.2 Å². The molecule has 0 unspecified atom stereocenters. The first-order valence-electron chi connectivity index (χ1n) is 10.1.